The fourth-order valence-corrected chi connectivity index (χ4v) is 1.63. The Morgan fingerprint density at radius 3 is 2.87 bits per heavy atom. The van der Waals surface area contributed by atoms with E-state index in [-0.39, 0.29) is 0 Å². The van der Waals surface area contributed by atoms with Gasteiger partial charge in [-0.25, -0.2) is 4.98 Å². The van der Waals surface area contributed by atoms with Gasteiger partial charge in [0.05, 0.1) is 18.9 Å². The Kier molecular flexibility index (Phi) is 2.64. The van der Waals surface area contributed by atoms with Crippen molar-refractivity contribution in [2.45, 2.75) is 0 Å². The molecule has 0 unspecified atom stereocenters. The molecular weight excluding hydrogens is 258 g/mol. The van der Waals surface area contributed by atoms with Gasteiger partial charge in [-0.2, -0.15) is 0 Å². The second-order valence-electron chi connectivity index (χ2n) is 3.04. The van der Waals surface area contributed by atoms with Crippen molar-refractivity contribution >= 4 is 21.6 Å². The predicted molar refractivity (Wildman–Crippen MR) is 62.7 cm³/mol. The van der Waals surface area contributed by atoms with Crippen molar-refractivity contribution in [1.82, 2.24) is 9.97 Å². The Morgan fingerprint density at radius 1 is 1.47 bits per heavy atom. The topological polar surface area (TPSA) is 63.9 Å². The number of anilines is 1. The third-order valence-corrected chi connectivity index (χ3v) is 2.43. The lowest BCUT2D eigenvalue weighted by Gasteiger charge is -2.06. The molecule has 0 aliphatic carbocycles. The van der Waals surface area contributed by atoms with Crippen LogP contribution in [0.2, 0.25) is 0 Å². The van der Waals surface area contributed by atoms with Gasteiger partial charge in [-0.15, -0.1) is 0 Å². The van der Waals surface area contributed by atoms with Gasteiger partial charge in [-0.3, -0.25) is 0 Å². The lowest BCUT2D eigenvalue weighted by atomic mass is 10.1. The lowest BCUT2D eigenvalue weighted by Crippen LogP contribution is -1.92. The van der Waals surface area contributed by atoms with Crippen molar-refractivity contribution in [2.24, 2.45) is 0 Å². The summed E-state index contributed by atoms with van der Waals surface area (Å²) in [4.78, 5) is 7.27. The van der Waals surface area contributed by atoms with Crippen LogP contribution in [0.25, 0.3) is 11.4 Å². The summed E-state index contributed by atoms with van der Waals surface area (Å²) in [6.45, 7) is 0. The Morgan fingerprint density at radius 2 is 2.27 bits per heavy atom. The van der Waals surface area contributed by atoms with Crippen LogP contribution in [-0.2, 0) is 0 Å². The second kappa shape index (κ2) is 3.94. The van der Waals surface area contributed by atoms with Crippen LogP contribution in [-0.4, -0.2) is 17.1 Å². The van der Waals surface area contributed by atoms with Gasteiger partial charge in [0.25, 0.3) is 0 Å². The molecule has 0 saturated carbocycles. The molecule has 1 aromatic heterocycles. The highest BCUT2D eigenvalue weighted by Crippen LogP contribution is 2.30. The zero-order valence-corrected chi connectivity index (χ0v) is 9.71. The van der Waals surface area contributed by atoms with Crippen LogP contribution in [0.15, 0.2) is 29.0 Å². The van der Waals surface area contributed by atoms with E-state index in [1.807, 2.05) is 12.1 Å². The van der Waals surface area contributed by atoms with Gasteiger partial charge < -0.3 is 15.5 Å². The minimum absolute atomic E-state index is 0.668. The van der Waals surface area contributed by atoms with Gasteiger partial charge in [0.15, 0.2) is 0 Å². The third-order valence-electron chi connectivity index (χ3n) is 2.03. The number of methoxy groups -OCH3 is 1. The van der Waals surface area contributed by atoms with Gasteiger partial charge in [-0.1, -0.05) is 0 Å². The van der Waals surface area contributed by atoms with Crippen molar-refractivity contribution < 1.29 is 4.74 Å². The number of benzene rings is 1. The molecule has 0 aliphatic rings. The van der Waals surface area contributed by atoms with Crippen LogP contribution in [0.1, 0.15) is 0 Å². The molecule has 0 spiro atoms. The van der Waals surface area contributed by atoms with E-state index in [0.29, 0.717) is 11.4 Å². The number of nitrogens with one attached hydrogen (secondary N) is 1. The van der Waals surface area contributed by atoms with Gasteiger partial charge in [0, 0.05) is 11.8 Å². The van der Waals surface area contributed by atoms with E-state index in [0.717, 1.165) is 16.0 Å². The third kappa shape index (κ3) is 1.97. The number of nitrogens with two attached hydrogens (primary N) is 1. The number of hydrogen-bond donors (Lipinski definition) is 2. The highest BCUT2D eigenvalue weighted by molar-refractivity contribution is 9.10. The summed E-state index contributed by atoms with van der Waals surface area (Å²) in [5, 5.41) is 0. The van der Waals surface area contributed by atoms with Crippen LogP contribution >= 0.6 is 15.9 Å². The van der Waals surface area contributed by atoms with E-state index >= 15 is 0 Å². The summed E-state index contributed by atoms with van der Waals surface area (Å²) < 4.78 is 6.06. The quantitative estimate of drug-likeness (QED) is 0.822. The number of ether oxygens (including phenoxy) is 1. The van der Waals surface area contributed by atoms with Crippen LogP contribution in [0.5, 0.6) is 5.75 Å². The molecule has 0 fully saturated rings. The first-order chi connectivity index (χ1) is 7.20. The van der Waals surface area contributed by atoms with E-state index in [4.69, 9.17) is 10.5 Å². The molecule has 1 aromatic carbocycles. The molecule has 15 heavy (non-hydrogen) atoms. The number of hydrogen-bond acceptors (Lipinski definition) is 3. The van der Waals surface area contributed by atoms with E-state index in [2.05, 4.69) is 25.9 Å². The Bertz CT molecular complexity index is 481. The van der Waals surface area contributed by atoms with Crippen molar-refractivity contribution in [3.8, 4) is 17.1 Å². The Hall–Kier alpha value is -1.49. The van der Waals surface area contributed by atoms with E-state index < -0.39 is 0 Å². The lowest BCUT2D eigenvalue weighted by molar-refractivity contribution is 0.416. The summed E-state index contributed by atoms with van der Waals surface area (Å²) >= 11 is 3.31. The van der Waals surface area contributed by atoms with Crippen molar-refractivity contribution in [1.29, 1.82) is 0 Å². The molecule has 0 bridgehead atoms. The molecule has 3 N–H and O–H groups in total. The van der Waals surface area contributed by atoms with Gasteiger partial charge in [0.2, 0.25) is 0 Å². The van der Waals surface area contributed by atoms with Crippen LogP contribution in [0.3, 0.4) is 0 Å². The number of nitrogen functional groups attached to an aromatic ring is 1. The number of nitrogens with zero attached hydrogens (tertiary/aromatic N) is 1. The minimum atomic E-state index is 0.668. The van der Waals surface area contributed by atoms with E-state index in [9.17, 15) is 0 Å². The van der Waals surface area contributed by atoms with E-state index in [1.165, 1.54) is 0 Å². The SMILES string of the molecule is COc1cc(N)ccc1-c1ncc(Br)[nH]1. The summed E-state index contributed by atoms with van der Waals surface area (Å²) in [7, 11) is 1.61. The van der Waals surface area contributed by atoms with Crippen LogP contribution < -0.4 is 10.5 Å². The predicted octanol–water partition coefficient (Wildman–Crippen LogP) is 2.43. The fourth-order valence-electron chi connectivity index (χ4n) is 1.34. The van der Waals surface area contributed by atoms with Crippen LogP contribution in [0.4, 0.5) is 5.69 Å². The largest absolute Gasteiger partial charge is 0.496 e. The summed E-state index contributed by atoms with van der Waals surface area (Å²) in [6.07, 6.45) is 1.70. The monoisotopic (exact) mass is 267 g/mol. The zero-order chi connectivity index (χ0) is 10.8. The molecule has 0 saturated heterocycles. The van der Waals surface area contributed by atoms with Gasteiger partial charge in [0.1, 0.15) is 16.2 Å². The first-order valence-electron chi connectivity index (χ1n) is 4.35. The molecule has 4 nitrogen and oxygen atoms in total. The fraction of sp³-hybridized carbons (Fsp3) is 0.100. The standard InChI is InChI=1S/C10H10BrN3O/c1-15-8-4-6(12)2-3-7(8)10-13-5-9(11)14-10/h2-5H,12H2,1H3,(H,13,14). The average Bonchev–Trinajstić information content (AvgIpc) is 2.64. The molecular formula is C10H10BrN3O. The molecule has 0 amide bonds. The maximum absolute atomic E-state index is 5.67. The van der Waals surface area contributed by atoms with Crippen molar-refractivity contribution in [3.63, 3.8) is 0 Å². The van der Waals surface area contributed by atoms with Gasteiger partial charge >= 0.3 is 0 Å². The summed E-state index contributed by atoms with van der Waals surface area (Å²) in [5.41, 5.74) is 7.22. The second-order valence-corrected chi connectivity index (χ2v) is 3.89. The molecule has 1 heterocycles. The number of rotatable bonds is 2. The normalized spacial score (nSPS) is 10.3. The molecule has 2 aromatic rings. The molecule has 0 radical (unpaired) electrons. The molecule has 0 aliphatic heterocycles. The first-order valence-corrected chi connectivity index (χ1v) is 5.14. The first kappa shape index (κ1) is 10.0. The zero-order valence-electron chi connectivity index (χ0n) is 8.12. The number of H-pyrrole nitrogens is 1. The molecule has 5 heteroatoms. The van der Waals surface area contributed by atoms with Crippen molar-refractivity contribution in [2.75, 3.05) is 12.8 Å². The maximum Gasteiger partial charge on any atom is 0.141 e. The Balaban J connectivity index is 2.52. The molecule has 78 valence electrons. The minimum Gasteiger partial charge on any atom is -0.496 e. The number of aromatic nitrogens is 2. The van der Waals surface area contributed by atoms with Crippen LogP contribution in [0, 0.1) is 0 Å². The van der Waals surface area contributed by atoms with Gasteiger partial charge in [-0.05, 0) is 28.1 Å². The number of halogens is 1. The number of aromatic amines is 1. The van der Waals surface area contributed by atoms with E-state index in [1.54, 1.807) is 19.4 Å². The highest BCUT2D eigenvalue weighted by atomic mass is 79.9. The highest BCUT2D eigenvalue weighted by Gasteiger charge is 2.08. The van der Waals surface area contributed by atoms with Crippen molar-refractivity contribution in [3.05, 3.63) is 29.0 Å². The molecule has 0 atom stereocenters. The number of imidazole rings is 1. The smallest absolute Gasteiger partial charge is 0.141 e. The summed E-state index contributed by atoms with van der Waals surface area (Å²) in [6, 6.07) is 5.46. The Labute approximate surface area is 95.6 Å². The maximum atomic E-state index is 5.67. The molecule has 2 rings (SSSR count). The summed E-state index contributed by atoms with van der Waals surface area (Å²) in [5.74, 6) is 1.45. The average molecular weight is 268 g/mol.